The van der Waals surface area contributed by atoms with E-state index in [9.17, 15) is 0 Å². The van der Waals surface area contributed by atoms with Crippen molar-refractivity contribution >= 4 is 0 Å². The fourth-order valence-electron chi connectivity index (χ4n) is 4.32. The third kappa shape index (κ3) is 3.82. The van der Waals surface area contributed by atoms with E-state index in [1.54, 1.807) is 0 Å². The van der Waals surface area contributed by atoms with Crippen LogP contribution in [-0.2, 0) is 6.42 Å². The minimum absolute atomic E-state index is 0.405. The molecule has 0 unspecified atom stereocenters. The molecule has 4 rings (SSSR count). The molecule has 0 bridgehead atoms. The Morgan fingerprint density at radius 2 is 1.50 bits per heavy atom. The van der Waals surface area contributed by atoms with E-state index < -0.39 is 0 Å². The van der Waals surface area contributed by atoms with E-state index >= 15 is 0 Å². The van der Waals surface area contributed by atoms with Crippen LogP contribution in [0.15, 0.2) is 73.1 Å². The van der Waals surface area contributed by atoms with Gasteiger partial charge in [0.2, 0.25) is 0 Å². The summed E-state index contributed by atoms with van der Waals surface area (Å²) in [4.78, 5) is 4.71. The van der Waals surface area contributed by atoms with Crippen LogP contribution in [0.5, 0.6) is 0 Å². The first-order valence-electron chi connectivity index (χ1n) is 10.8. The van der Waals surface area contributed by atoms with Gasteiger partial charge in [0.15, 0.2) is 0 Å². The Bertz CT molecular complexity index is 1150. The fourth-order valence-corrected chi connectivity index (χ4v) is 4.32. The lowest BCUT2D eigenvalue weighted by atomic mass is 9.90. The fraction of sp³-hybridized carbons (Fsp3) is 0.250. The molecule has 0 aliphatic rings. The molecule has 1 heterocycles. The molecule has 0 fully saturated rings. The van der Waals surface area contributed by atoms with Crippen LogP contribution in [0.25, 0.3) is 28.2 Å². The molecule has 1 aromatic heterocycles. The number of nitrogens with zero attached hydrogens (tertiary/aromatic N) is 2. The van der Waals surface area contributed by atoms with Gasteiger partial charge < -0.3 is 0 Å². The Balaban J connectivity index is 1.95. The minimum atomic E-state index is 0.405. The van der Waals surface area contributed by atoms with Gasteiger partial charge in [0.05, 0.1) is 5.69 Å². The van der Waals surface area contributed by atoms with E-state index in [1.165, 1.54) is 39.1 Å². The van der Waals surface area contributed by atoms with Crippen molar-refractivity contribution in [2.45, 2.75) is 47.0 Å². The molecule has 0 saturated heterocycles. The molecule has 0 spiro atoms. The zero-order valence-electron chi connectivity index (χ0n) is 18.6. The molecule has 0 radical (unpaired) electrons. The predicted octanol–water partition coefficient (Wildman–Crippen LogP) is 7.51. The molecule has 0 atom stereocenters. The normalized spacial score (nSPS) is 11.3. The average molecular weight is 395 g/mol. The van der Waals surface area contributed by atoms with Crippen LogP contribution in [-0.4, -0.2) is 9.55 Å². The second-order valence-corrected chi connectivity index (χ2v) is 8.44. The highest BCUT2D eigenvalue weighted by Crippen LogP contribution is 2.35. The lowest BCUT2D eigenvalue weighted by Gasteiger charge is -2.22. The maximum Gasteiger partial charge on any atom is 0.144 e. The lowest BCUT2D eigenvalue weighted by molar-refractivity contribution is 0.839. The zero-order valence-corrected chi connectivity index (χ0v) is 18.6. The summed E-state index contributed by atoms with van der Waals surface area (Å²) in [5, 5.41) is 0. The first kappa shape index (κ1) is 20.2. The highest BCUT2D eigenvalue weighted by Gasteiger charge is 2.18. The molecular formula is C28H30N2. The number of imidazole rings is 1. The van der Waals surface area contributed by atoms with Gasteiger partial charge in [-0.2, -0.15) is 0 Å². The first-order valence-corrected chi connectivity index (χ1v) is 10.8. The molecule has 30 heavy (non-hydrogen) atoms. The topological polar surface area (TPSA) is 17.8 Å². The number of rotatable bonds is 5. The second-order valence-electron chi connectivity index (χ2n) is 8.44. The van der Waals surface area contributed by atoms with Crippen LogP contribution < -0.4 is 0 Å². The predicted molar refractivity (Wildman–Crippen MR) is 127 cm³/mol. The second kappa shape index (κ2) is 8.31. The maximum absolute atomic E-state index is 4.71. The molecule has 3 aromatic carbocycles. The lowest BCUT2D eigenvalue weighted by Crippen LogP contribution is -2.07. The summed E-state index contributed by atoms with van der Waals surface area (Å²) >= 11 is 0. The van der Waals surface area contributed by atoms with E-state index in [1.807, 2.05) is 12.3 Å². The van der Waals surface area contributed by atoms with Crippen molar-refractivity contribution in [2.24, 2.45) is 0 Å². The van der Waals surface area contributed by atoms with Crippen molar-refractivity contribution in [3.63, 3.8) is 0 Å². The van der Waals surface area contributed by atoms with Gasteiger partial charge in [-0.3, -0.25) is 4.57 Å². The van der Waals surface area contributed by atoms with Crippen LogP contribution in [0.4, 0.5) is 0 Å². The molecule has 2 nitrogen and oxygen atoms in total. The third-order valence-electron chi connectivity index (χ3n) is 5.69. The van der Waals surface area contributed by atoms with E-state index in [4.69, 9.17) is 4.98 Å². The molecule has 0 amide bonds. The van der Waals surface area contributed by atoms with Gasteiger partial charge in [-0.05, 0) is 60.6 Å². The highest BCUT2D eigenvalue weighted by atomic mass is 15.1. The van der Waals surface area contributed by atoms with Gasteiger partial charge in [0.1, 0.15) is 5.82 Å². The van der Waals surface area contributed by atoms with Gasteiger partial charge in [0, 0.05) is 18.0 Å². The molecule has 2 heteroatoms. The number of hydrogen-bond donors (Lipinski definition) is 0. The Kier molecular flexibility index (Phi) is 5.59. The maximum atomic E-state index is 4.71. The third-order valence-corrected chi connectivity index (χ3v) is 5.69. The summed E-state index contributed by atoms with van der Waals surface area (Å²) in [7, 11) is 0. The van der Waals surface area contributed by atoms with Crippen LogP contribution >= 0.6 is 0 Å². The summed E-state index contributed by atoms with van der Waals surface area (Å²) < 4.78 is 2.27. The molecular weight excluding hydrogens is 364 g/mol. The van der Waals surface area contributed by atoms with E-state index in [-0.39, 0.29) is 0 Å². The van der Waals surface area contributed by atoms with Crippen LogP contribution in [0.3, 0.4) is 0 Å². The Morgan fingerprint density at radius 1 is 0.833 bits per heavy atom. The number of benzene rings is 3. The summed E-state index contributed by atoms with van der Waals surface area (Å²) in [6, 6.07) is 22.0. The summed E-state index contributed by atoms with van der Waals surface area (Å²) in [5.74, 6) is 1.40. The van der Waals surface area contributed by atoms with E-state index in [2.05, 4.69) is 100.0 Å². The Labute approximate surface area is 180 Å². The molecule has 0 saturated carbocycles. The monoisotopic (exact) mass is 394 g/mol. The number of aromatic nitrogens is 2. The molecule has 0 aliphatic carbocycles. The smallest absolute Gasteiger partial charge is 0.144 e. The van der Waals surface area contributed by atoms with Crippen molar-refractivity contribution < 1.29 is 0 Å². The van der Waals surface area contributed by atoms with E-state index in [0.717, 1.165) is 17.8 Å². The van der Waals surface area contributed by atoms with Crippen molar-refractivity contribution in [2.75, 3.05) is 0 Å². The van der Waals surface area contributed by atoms with Gasteiger partial charge in [-0.25, -0.2) is 4.98 Å². The van der Waals surface area contributed by atoms with Gasteiger partial charge in [-0.1, -0.05) is 80.4 Å². The van der Waals surface area contributed by atoms with Crippen LogP contribution in [0.1, 0.15) is 48.9 Å². The molecule has 0 N–H and O–H groups in total. The van der Waals surface area contributed by atoms with Crippen LogP contribution in [0.2, 0.25) is 0 Å². The molecule has 4 aromatic rings. The SMILES string of the molecule is CCc1cc(-c2cc(C)cc(C)c2)cc(C(C)C)c1-n1ccnc1-c1ccccc1. The van der Waals surface area contributed by atoms with E-state index in [0.29, 0.717) is 5.92 Å². The van der Waals surface area contributed by atoms with Crippen molar-refractivity contribution in [3.8, 4) is 28.2 Å². The summed E-state index contributed by atoms with van der Waals surface area (Å²) in [5.41, 5.74) is 10.3. The minimum Gasteiger partial charge on any atom is -0.299 e. The van der Waals surface area contributed by atoms with Gasteiger partial charge in [0.25, 0.3) is 0 Å². The standard InChI is InChI=1S/C28H30N2/c1-6-22-17-25(24-15-20(4)14-21(5)16-24)18-26(19(2)3)27(22)30-13-12-29-28(30)23-10-8-7-9-11-23/h7-19H,6H2,1-5H3. The Morgan fingerprint density at radius 3 is 2.13 bits per heavy atom. The number of hydrogen-bond acceptors (Lipinski definition) is 1. The first-order chi connectivity index (χ1) is 14.5. The van der Waals surface area contributed by atoms with Crippen molar-refractivity contribution in [3.05, 3.63) is 95.3 Å². The zero-order chi connectivity index (χ0) is 21.3. The molecule has 0 aliphatic heterocycles. The van der Waals surface area contributed by atoms with Gasteiger partial charge >= 0.3 is 0 Å². The van der Waals surface area contributed by atoms with Crippen LogP contribution in [0, 0.1) is 13.8 Å². The quantitative estimate of drug-likeness (QED) is 0.342. The number of aryl methyl sites for hydroxylation is 3. The van der Waals surface area contributed by atoms with Crippen molar-refractivity contribution in [1.82, 2.24) is 9.55 Å². The largest absolute Gasteiger partial charge is 0.299 e. The van der Waals surface area contributed by atoms with Crippen molar-refractivity contribution in [1.29, 1.82) is 0 Å². The molecule has 152 valence electrons. The highest BCUT2D eigenvalue weighted by molar-refractivity contribution is 5.72. The Hall–Kier alpha value is -3.13. The summed E-state index contributed by atoms with van der Waals surface area (Å²) in [6.45, 7) is 11.2. The average Bonchev–Trinajstić information content (AvgIpc) is 3.22. The van der Waals surface area contributed by atoms with Gasteiger partial charge in [-0.15, -0.1) is 0 Å². The summed E-state index contributed by atoms with van der Waals surface area (Å²) in [6.07, 6.45) is 4.98.